The fourth-order valence-electron chi connectivity index (χ4n) is 1.92. The molecule has 0 saturated heterocycles. The Morgan fingerprint density at radius 3 is 2.83 bits per heavy atom. The van der Waals surface area contributed by atoms with Gasteiger partial charge in [-0.2, -0.15) is 0 Å². The Balaban J connectivity index is 2.38. The summed E-state index contributed by atoms with van der Waals surface area (Å²) >= 11 is 0. The SMILES string of the molecule is NC(=O)CC(O)C(O)c1cccc2ccncc12. The maximum atomic E-state index is 10.7. The van der Waals surface area contributed by atoms with E-state index >= 15 is 0 Å². The third kappa shape index (κ3) is 2.47. The summed E-state index contributed by atoms with van der Waals surface area (Å²) in [5.74, 6) is -0.653. The minimum atomic E-state index is -1.21. The fraction of sp³-hybridized carbons (Fsp3) is 0.231. The second-order valence-electron chi connectivity index (χ2n) is 4.13. The molecule has 0 radical (unpaired) electrons. The van der Waals surface area contributed by atoms with Gasteiger partial charge in [-0.05, 0) is 17.0 Å². The number of hydrogen-bond acceptors (Lipinski definition) is 4. The summed E-state index contributed by atoms with van der Waals surface area (Å²) in [5, 5.41) is 21.4. The van der Waals surface area contributed by atoms with E-state index in [-0.39, 0.29) is 6.42 Å². The number of carbonyl (C=O) groups excluding carboxylic acids is 1. The molecule has 18 heavy (non-hydrogen) atoms. The zero-order valence-electron chi connectivity index (χ0n) is 9.65. The number of aliphatic hydroxyl groups is 2. The third-order valence-corrected chi connectivity index (χ3v) is 2.81. The lowest BCUT2D eigenvalue weighted by atomic mass is 9.97. The van der Waals surface area contributed by atoms with Crippen LogP contribution >= 0.6 is 0 Å². The van der Waals surface area contributed by atoms with Crippen LogP contribution < -0.4 is 5.73 Å². The average Bonchev–Trinajstić information content (AvgIpc) is 2.36. The number of amides is 1. The van der Waals surface area contributed by atoms with Crippen molar-refractivity contribution in [3.8, 4) is 0 Å². The predicted molar refractivity (Wildman–Crippen MR) is 66.5 cm³/mol. The molecule has 1 aromatic carbocycles. The van der Waals surface area contributed by atoms with E-state index in [0.717, 1.165) is 10.8 Å². The number of aromatic nitrogens is 1. The first-order valence-corrected chi connectivity index (χ1v) is 5.56. The first-order chi connectivity index (χ1) is 8.59. The molecule has 0 spiro atoms. The number of nitrogens with two attached hydrogens (primary N) is 1. The molecule has 2 atom stereocenters. The molecule has 1 amide bonds. The molecule has 94 valence electrons. The number of primary amides is 1. The van der Waals surface area contributed by atoms with Crippen LogP contribution in [-0.2, 0) is 4.79 Å². The van der Waals surface area contributed by atoms with Gasteiger partial charge in [-0.3, -0.25) is 9.78 Å². The highest BCUT2D eigenvalue weighted by molar-refractivity contribution is 5.85. The van der Waals surface area contributed by atoms with Crippen molar-refractivity contribution < 1.29 is 15.0 Å². The van der Waals surface area contributed by atoms with Crippen molar-refractivity contribution in [3.63, 3.8) is 0 Å². The van der Waals surface area contributed by atoms with Crippen LogP contribution in [0.1, 0.15) is 18.1 Å². The minimum Gasteiger partial charge on any atom is -0.390 e. The van der Waals surface area contributed by atoms with E-state index in [0.29, 0.717) is 5.56 Å². The summed E-state index contributed by atoms with van der Waals surface area (Å²) in [5.41, 5.74) is 5.54. The Kier molecular flexibility index (Phi) is 3.55. The Hall–Kier alpha value is -1.98. The summed E-state index contributed by atoms with van der Waals surface area (Å²) in [6.07, 6.45) is 0.611. The van der Waals surface area contributed by atoms with Crippen molar-refractivity contribution in [3.05, 3.63) is 42.2 Å². The largest absolute Gasteiger partial charge is 0.390 e. The van der Waals surface area contributed by atoms with Gasteiger partial charge in [0.2, 0.25) is 5.91 Å². The maximum Gasteiger partial charge on any atom is 0.220 e. The molecule has 2 unspecified atom stereocenters. The zero-order chi connectivity index (χ0) is 13.1. The molecule has 0 bridgehead atoms. The van der Waals surface area contributed by atoms with Gasteiger partial charge in [0, 0.05) is 17.8 Å². The molecule has 1 heterocycles. The van der Waals surface area contributed by atoms with Gasteiger partial charge in [0.15, 0.2) is 0 Å². The molecule has 0 fully saturated rings. The number of aliphatic hydroxyl groups excluding tert-OH is 2. The number of carbonyl (C=O) groups is 1. The Labute approximate surface area is 104 Å². The monoisotopic (exact) mass is 246 g/mol. The average molecular weight is 246 g/mol. The van der Waals surface area contributed by atoms with E-state index in [4.69, 9.17) is 5.73 Å². The van der Waals surface area contributed by atoms with Gasteiger partial charge < -0.3 is 15.9 Å². The molecule has 2 rings (SSSR count). The summed E-state index contributed by atoms with van der Waals surface area (Å²) in [6, 6.07) is 7.16. The van der Waals surface area contributed by atoms with Crippen LogP contribution in [0, 0.1) is 0 Å². The second kappa shape index (κ2) is 5.12. The number of nitrogens with zero attached hydrogens (tertiary/aromatic N) is 1. The highest BCUT2D eigenvalue weighted by atomic mass is 16.3. The van der Waals surface area contributed by atoms with Crippen molar-refractivity contribution in [2.75, 3.05) is 0 Å². The van der Waals surface area contributed by atoms with Gasteiger partial charge in [0.25, 0.3) is 0 Å². The van der Waals surface area contributed by atoms with E-state index in [1.54, 1.807) is 24.5 Å². The van der Waals surface area contributed by atoms with Crippen LogP contribution in [0.15, 0.2) is 36.7 Å². The van der Waals surface area contributed by atoms with Crippen molar-refractivity contribution in [1.82, 2.24) is 4.98 Å². The zero-order valence-corrected chi connectivity index (χ0v) is 9.65. The van der Waals surface area contributed by atoms with Crippen molar-refractivity contribution >= 4 is 16.7 Å². The molecule has 5 nitrogen and oxygen atoms in total. The van der Waals surface area contributed by atoms with Gasteiger partial charge in [-0.1, -0.05) is 18.2 Å². The quantitative estimate of drug-likeness (QED) is 0.732. The molecule has 0 saturated carbocycles. The van der Waals surface area contributed by atoms with Crippen LogP contribution in [0.4, 0.5) is 0 Å². The van der Waals surface area contributed by atoms with Crippen LogP contribution in [-0.4, -0.2) is 27.2 Å². The van der Waals surface area contributed by atoms with Crippen molar-refractivity contribution in [2.24, 2.45) is 5.73 Å². The summed E-state index contributed by atoms with van der Waals surface area (Å²) in [4.78, 5) is 14.7. The van der Waals surface area contributed by atoms with Crippen LogP contribution in [0.2, 0.25) is 0 Å². The van der Waals surface area contributed by atoms with Crippen LogP contribution in [0.25, 0.3) is 10.8 Å². The van der Waals surface area contributed by atoms with Crippen molar-refractivity contribution in [2.45, 2.75) is 18.6 Å². The van der Waals surface area contributed by atoms with E-state index < -0.39 is 18.1 Å². The molecular weight excluding hydrogens is 232 g/mol. The van der Waals surface area contributed by atoms with E-state index in [2.05, 4.69) is 4.98 Å². The Bertz CT molecular complexity index is 566. The molecule has 0 aliphatic carbocycles. The van der Waals surface area contributed by atoms with E-state index in [9.17, 15) is 15.0 Å². The van der Waals surface area contributed by atoms with Gasteiger partial charge in [-0.25, -0.2) is 0 Å². The smallest absolute Gasteiger partial charge is 0.220 e. The van der Waals surface area contributed by atoms with Gasteiger partial charge in [0.1, 0.15) is 6.10 Å². The third-order valence-electron chi connectivity index (χ3n) is 2.81. The molecule has 5 heteroatoms. The normalized spacial score (nSPS) is 14.3. The molecule has 0 aliphatic rings. The van der Waals surface area contributed by atoms with Crippen LogP contribution in [0.5, 0.6) is 0 Å². The molecule has 2 aromatic rings. The number of fused-ring (bicyclic) bond motifs is 1. The van der Waals surface area contributed by atoms with Gasteiger partial charge >= 0.3 is 0 Å². The minimum absolute atomic E-state index is 0.280. The topological polar surface area (TPSA) is 96.4 Å². The highest BCUT2D eigenvalue weighted by Crippen LogP contribution is 2.26. The van der Waals surface area contributed by atoms with Gasteiger partial charge in [-0.15, -0.1) is 0 Å². The maximum absolute atomic E-state index is 10.7. The predicted octanol–water partition coefficient (Wildman–Crippen LogP) is 0.504. The van der Waals surface area contributed by atoms with E-state index in [1.165, 1.54) is 0 Å². The fourth-order valence-corrected chi connectivity index (χ4v) is 1.92. The number of pyridine rings is 1. The lowest BCUT2D eigenvalue weighted by molar-refractivity contribution is -0.121. The number of benzene rings is 1. The molecule has 1 aromatic heterocycles. The highest BCUT2D eigenvalue weighted by Gasteiger charge is 2.21. The summed E-state index contributed by atoms with van der Waals surface area (Å²) in [6.45, 7) is 0. The number of hydrogen-bond donors (Lipinski definition) is 3. The summed E-state index contributed by atoms with van der Waals surface area (Å²) in [7, 11) is 0. The lowest BCUT2D eigenvalue weighted by Gasteiger charge is -2.18. The number of rotatable bonds is 4. The van der Waals surface area contributed by atoms with Crippen molar-refractivity contribution in [1.29, 1.82) is 0 Å². The van der Waals surface area contributed by atoms with Gasteiger partial charge in [0.05, 0.1) is 12.5 Å². The first-order valence-electron chi connectivity index (χ1n) is 5.56. The molecule has 4 N–H and O–H groups in total. The second-order valence-corrected chi connectivity index (χ2v) is 4.13. The Morgan fingerprint density at radius 2 is 2.11 bits per heavy atom. The Morgan fingerprint density at radius 1 is 1.33 bits per heavy atom. The first kappa shape index (κ1) is 12.5. The summed E-state index contributed by atoms with van der Waals surface area (Å²) < 4.78 is 0. The lowest BCUT2D eigenvalue weighted by Crippen LogP contribution is -2.25. The molecular formula is C13H14N2O3. The standard InChI is InChI=1S/C13H14N2O3/c14-12(17)6-11(16)13(18)9-3-1-2-8-4-5-15-7-10(8)9/h1-5,7,11,13,16,18H,6H2,(H2,14,17). The molecule has 0 aliphatic heterocycles. The van der Waals surface area contributed by atoms with E-state index in [1.807, 2.05) is 12.1 Å². The van der Waals surface area contributed by atoms with Crippen LogP contribution in [0.3, 0.4) is 0 Å².